The molecule has 0 saturated heterocycles. The molecule has 0 aliphatic heterocycles. The van der Waals surface area contributed by atoms with Crippen molar-refractivity contribution >= 4 is 127 Å². The fourth-order valence-corrected chi connectivity index (χ4v) is 27.4. The van der Waals surface area contributed by atoms with E-state index in [1.165, 1.54) is 166 Å². The molecule has 0 saturated carbocycles. The van der Waals surface area contributed by atoms with E-state index in [1.54, 1.807) is 12.1 Å². The van der Waals surface area contributed by atoms with Crippen molar-refractivity contribution in [3.8, 4) is 44.8 Å². The first-order valence-electron chi connectivity index (χ1n) is 51.4. The first-order chi connectivity index (χ1) is 73.8. The molecule has 31 rings (SSSR count). The topological polar surface area (TPSA) is 20.7 Å². The standard InChI is InChI=1S/C75H45N3.C68H45FN2/c1-76-51-33-37-53(38-34-51)78-70-42-40-54(45-63(70)62-43-49-19-5-6-20-50(49)44-71(62)78)77(52-35-31-48(32-36-52)47-17-3-2-4-18-47)55-39-41-61-69(46-55)75(66-28-14-9-23-58(66)59-24-10-15-29-67(59)75)72-60-25-11-16-30-68(60)74(73(61)72)64-26-12-7-21-56(64)57-22-8-13-27-65(57)74;69-52-34-36-54(37-35-52)71-63-41-39-55(44-60(63)59-42-46-20-16-17-21-47(46)43-64(59)71)70(53-30-14-5-15-31-53)56-38-40-58-62(45-56)68(50-26-10-3-11-27-50,51-28-12-4-13-29-51)65-57-32-18-19-33-61(57)67(66(58)65,48-22-6-1-7-23-48)49-24-8-2-9-25-49/h2-46H;1-45H. The summed E-state index contributed by atoms with van der Waals surface area (Å²) in [6.45, 7) is 7.72. The summed E-state index contributed by atoms with van der Waals surface area (Å²) in [5, 5.41) is 9.28. The third-order valence-electron chi connectivity index (χ3n) is 33.1. The maximum Gasteiger partial charge on any atom is 0.187 e. The van der Waals surface area contributed by atoms with Crippen LogP contribution in [0.1, 0.15) is 89.0 Å². The van der Waals surface area contributed by atoms with Crippen LogP contribution in [0.3, 0.4) is 0 Å². The SMILES string of the molecule is Fc1ccc(-n2c3ccc(N(c4ccccc4)c4ccc5c(c4)C(c4ccccc4)(c4ccccc4)C4=C5C(c5ccccc5)(c5ccccc5)c5ccccc54)cc3c3cc4ccccc4cc32)cc1.[C-]#[N+]c1ccc(-n2c3ccc(N(c4ccc(-c5ccccc5)cc4)c4ccc5c(c4)C4(C6=C5C5(c7ccccc76)c6ccccc6-c6ccccc65)c5ccccc5-c5ccccc54)cc3c3cc4ccccc4cc32)cc1. The van der Waals surface area contributed by atoms with Gasteiger partial charge in [-0.25, -0.2) is 9.24 Å². The molecular formula is C143H90FN5. The Balaban J connectivity index is 0.000000138. The molecule has 6 aliphatic carbocycles. The van der Waals surface area contributed by atoms with Crippen LogP contribution in [-0.4, -0.2) is 9.13 Å². The number of hydrogen-bond acceptors (Lipinski definition) is 2. The molecule has 2 spiro atoms. The van der Waals surface area contributed by atoms with Crippen molar-refractivity contribution in [2.24, 2.45) is 0 Å². The van der Waals surface area contributed by atoms with E-state index in [4.69, 9.17) is 6.57 Å². The van der Waals surface area contributed by atoms with E-state index in [9.17, 15) is 4.39 Å². The van der Waals surface area contributed by atoms with Gasteiger partial charge in [-0.05, 0) is 312 Å². The number of benzene rings is 23. The van der Waals surface area contributed by atoms with Crippen LogP contribution in [0.2, 0.25) is 0 Å². The van der Waals surface area contributed by atoms with Crippen LogP contribution >= 0.6 is 0 Å². The summed E-state index contributed by atoms with van der Waals surface area (Å²) in [5.41, 5.74) is 44.2. The molecule has 6 aliphatic rings. The number of halogens is 1. The number of rotatable bonds is 13. The van der Waals surface area contributed by atoms with E-state index in [0.717, 1.165) is 89.1 Å². The van der Waals surface area contributed by atoms with Crippen LogP contribution in [-0.2, 0) is 21.7 Å². The van der Waals surface area contributed by atoms with E-state index in [-0.39, 0.29) is 5.82 Å². The van der Waals surface area contributed by atoms with Gasteiger partial charge in [-0.2, -0.15) is 0 Å². The van der Waals surface area contributed by atoms with Crippen molar-refractivity contribution in [1.29, 1.82) is 0 Å². The lowest BCUT2D eigenvalue weighted by Gasteiger charge is -2.38. The lowest BCUT2D eigenvalue weighted by molar-refractivity contribution is 0.627. The summed E-state index contributed by atoms with van der Waals surface area (Å²) >= 11 is 0. The highest BCUT2D eigenvalue weighted by molar-refractivity contribution is 6.22. The van der Waals surface area contributed by atoms with Crippen LogP contribution in [0.15, 0.2) is 546 Å². The maximum atomic E-state index is 14.5. The van der Waals surface area contributed by atoms with Crippen molar-refractivity contribution in [3.63, 3.8) is 0 Å². The number of anilines is 6. The molecule has 0 N–H and O–H groups in total. The minimum absolute atomic E-state index is 0.255. The van der Waals surface area contributed by atoms with Gasteiger partial charge in [-0.1, -0.05) is 400 Å². The van der Waals surface area contributed by atoms with Crippen LogP contribution in [0.5, 0.6) is 0 Å². The van der Waals surface area contributed by atoms with Gasteiger partial charge in [0.25, 0.3) is 0 Å². The Kier molecular flexibility index (Phi) is 19.0. The van der Waals surface area contributed by atoms with Gasteiger partial charge in [0.2, 0.25) is 0 Å². The average Bonchev–Trinajstić information content (AvgIpc) is 1.46. The zero-order chi connectivity index (χ0) is 98.4. The summed E-state index contributed by atoms with van der Waals surface area (Å²) in [7, 11) is 0. The summed E-state index contributed by atoms with van der Waals surface area (Å²) < 4.78 is 19.1. The Morgan fingerprint density at radius 3 is 0.866 bits per heavy atom. The molecule has 25 aromatic rings. The van der Waals surface area contributed by atoms with Crippen molar-refractivity contribution in [1.82, 2.24) is 9.13 Å². The number of para-hydroxylation sites is 1. The third kappa shape index (κ3) is 12.1. The van der Waals surface area contributed by atoms with Gasteiger partial charge < -0.3 is 18.9 Å². The van der Waals surface area contributed by atoms with Gasteiger partial charge in [-0.3, -0.25) is 0 Å². The monoisotopic (exact) mass is 1900 g/mol. The van der Waals surface area contributed by atoms with E-state index in [2.05, 4.69) is 533 Å². The molecule has 0 atom stereocenters. The molecule has 6 heteroatoms. The Morgan fingerprint density at radius 1 is 0.195 bits per heavy atom. The van der Waals surface area contributed by atoms with Gasteiger partial charge in [0.1, 0.15) is 5.82 Å². The second kappa shape index (κ2) is 33.1. The summed E-state index contributed by atoms with van der Waals surface area (Å²) in [4.78, 5) is 8.63. The summed E-state index contributed by atoms with van der Waals surface area (Å²) in [6.07, 6.45) is 0. The fourth-order valence-electron chi connectivity index (χ4n) is 27.4. The zero-order valence-electron chi connectivity index (χ0n) is 81.1. The third-order valence-corrected chi connectivity index (χ3v) is 33.1. The molecule has 0 fully saturated rings. The smallest absolute Gasteiger partial charge is 0.187 e. The molecule has 0 bridgehead atoms. The maximum absolute atomic E-state index is 14.5. The van der Waals surface area contributed by atoms with Gasteiger partial charge in [0, 0.05) is 67.0 Å². The highest BCUT2D eigenvalue weighted by Crippen LogP contribution is 2.76. The van der Waals surface area contributed by atoms with Crippen molar-refractivity contribution in [3.05, 3.63) is 652 Å². The molecule has 23 aromatic carbocycles. The zero-order valence-corrected chi connectivity index (χ0v) is 81.1. The molecule has 0 unspecified atom stereocenters. The molecule has 149 heavy (non-hydrogen) atoms. The Labute approximate surface area is 863 Å². The van der Waals surface area contributed by atoms with Crippen LogP contribution in [0.4, 0.5) is 44.2 Å². The number of allylic oxidation sites excluding steroid dienone is 4. The minimum atomic E-state index is -0.708. The first kappa shape index (κ1) is 85.3. The van der Waals surface area contributed by atoms with Crippen LogP contribution < -0.4 is 9.80 Å². The largest absolute Gasteiger partial charge is 0.310 e. The first-order valence-corrected chi connectivity index (χ1v) is 51.4. The number of nitrogens with zero attached hydrogens (tertiary/aromatic N) is 5. The Morgan fingerprint density at radius 2 is 0.463 bits per heavy atom. The summed E-state index contributed by atoms with van der Waals surface area (Å²) in [6, 6.07) is 200. The lowest BCUT2D eigenvalue weighted by Crippen LogP contribution is -2.30. The molecule has 5 nitrogen and oxygen atoms in total. The van der Waals surface area contributed by atoms with Crippen molar-refractivity contribution in [2.45, 2.75) is 21.7 Å². The predicted octanol–water partition coefficient (Wildman–Crippen LogP) is 36.3. The predicted molar refractivity (Wildman–Crippen MR) is 613 cm³/mol. The van der Waals surface area contributed by atoms with Crippen molar-refractivity contribution < 1.29 is 4.39 Å². The minimum Gasteiger partial charge on any atom is -0.310 e. The molecule has 0 amide bonds. The highest BCUT2D eigenvalue weighted by atomic mass is 19.1. The summed E-state index contributed by atoms with van der Waals surface area (Å²) in [5.74, 6) is -0.255. The van der Waals surface area contributed by atoms with Crippen LogP contribution in [0.25, 0.3) is 137 Å². The Bertz CT molecular complexity index is 9800. The van der Waals surface area contributed by atoms with Gasteiger partial charge >= 0.3 is 0 Å². The average molecular weight is 1900 g/mol. The molecule has 0 radical (unpaired) electrons. The van der Waals surface area contributed by atoms with Crippen molar-refractivity contribution in [2.75, 3.05) is 9.80 Å². The van der Waals surface area contributed by atoms with Gasteiger partial charge in [-0.15, -0.1) is 0 Å². The van der Waals surface area contributed by atoms with E-state index < -0.39 is 21.7 Å². The molecule has 2 heterocycles. The number of aromatic nitrogens is 2. The molecular weight excluding hydrogens is 1810 g/mol. The number of fused-ring (bicyclic) bond motifs is 30. The highest BCUT2D eigenvalue weighted by Gasteiger charge is 2.65. The van der Waals surface area contributed by atoms with Gasteiger partial charge in [0.15, 0.2) is 5.69 Å². The van der Waals surface area contributed by atoms with E-state index in [0.29, 0.717) is 5.69 Å². The normalized spacial score (nSPS) is 14.2. The second-order valence-electron chi connectivity index (χ2n) is 40.2. The van der Waals surface area contributed by atoms with E-state index in [1.807, 2.05) is 24.3 Å². The van der Waals surface area contributed by atoms with E-state index >= 15 is 0 Å². The number of hydrogen-bond donors (Lipinski definition) is 0. The fraction of sp³-hybridized carbons (Fsp3) is 0.0280. The Hall–Kier alpha value is -19.3. The lowest BCUT2D eigenvalue weighted by atomic mass is 9.64. The molecule has 694 valence electrons. The van der Waals surface area contributed by atoms with Crippen LogP contribution in [0, 0.1) is 12.4 Å². The van der Waals surface area contributed by atoms with Gasteiger partial charge in [0.05, 0.1) is 50.3 Å². The second-order valence-corrected chi connectivity index (χ2v) is 40.2. The quantitative estimate of drug-likeness (QED) is 0.107. The molecule has 2 aromatic heterocycles.